The van der Waals surface area contributed by atoms with E-state index in [1.165, 1.54) is 5.56 Å². The third kappa shape index (κ3) is 2.31. The third-order valence-electron chi connectivity index (χ3n) is 2.93. The fraction of sp³-hybridized carbons (Fsp3) is 0.385. The molecule has 0 saturated carbocycles. The normalized spacial score (nSPS) is 10.6. The van der Waals surface area contributed by atoms with Crippen LogP contribution in [0.25, 0.3) is 0 Å². The summed E-state index contributed by atoms with van der Waals surface area (Å²) in [5.74, 6) is 0.871. The number of aryl methyl sites for hydroxylation is 1. The Morgan fingerprint density at radius 2 is 2.17 bits per heavy atom. The van der Waals surface area contributed by atoms with Crippen molar-refractivity contribution < 1.29 is 0 Å². The predicted octanol–water partition coefficient (Wildman–Crippen LogP) is 3.43. The van der Waals surface area contributed by atoms with Gasteiger partial charge in [-0.15, -0.1) is 5.10 Å². The van der Waals surface area contributed by atoms with Gasteiger partial charge in [-0.2, -0.15) is 0 Å². The van der Waals surface area contributed by atoms with Gasteiger partial charge in [-0.3, -0.25) is 4.57 Å². The van der Waals surface area contributed by atoms with Crippen molar-refractivity contribution in [2.45, 2.75) is 27.3 Å². The molecule has 2 aromatic rings. The summed E-state index contributed by atoms with van der Waals surface area (Å²) >= 11 is 5.23. The molecule has 4 nitrogen and oxygen atoms in total. The van der Waals surface area contributed by atoms with Crippen molar-refractivity contribution >= 4 is 23.9 Å². The maximum atomic E-state index is 5.23. The Morgan fingerprint density at radius 3 is 2.78 bits per heavy atom. The molecule has 0 atom stereocenters. The molecule has 0 fully saturated rings. The Kier molecular flexibility index (Phi) is 3.81. The van der Waals surface area contributed by atoms with Gasteiger partial charge in [-0.05, 0) is 50.7 Å². The molecule has 0 radical (unpaired) electrons. The highest BCUT2D eigenvalue weighted by Gasteiger charge is 2.14. The summed E-state index contributed by atoms with van der Waals surface area (Å²) in [6, 6.07) is 8.40. The van der Waals surface area contributed by atoms with Crippen LogP contribution in [0.15, 0.2) is 24.3 Å². The second-order valence-electron chi connectivity index (χ2n) is 4.16. The van der Waals surface area contributed by atoms with E-state index in [0.717, 1.165) is 24.7 Å². The first-order valence-corrected chi connectivity index (χ1v) is 6.57. The number of anilines is 2. The minimum Gasteiger partial charge on any atom is -0.311 e. The molecule has 1 heterocycles. The first kappa shape index (κ1) is 12.8. The van der Waals surface area contributed by atoms with Crippen molar-refractivity contribution in [3.8, 4) is 0 Å². The van der Waals surface area contributed by atoms with Crippen molar-refractivity contribution in [2.75, 3.05) is 11.4 Å². The van der Waals surface area contributed by atoms with Crippen LogP contribution in [0.1, 0.15) is 19.4 Å². The molecule has 0 aliphatic heterocycles. The van der Waals surface area contributed by atoms with E-state index in [4.69, 9.17) is 12.2 Å². The van der Waals surface area contributed by atoms with Gasteiger partial charge in [0.05, 0.1) is 0 Å². The largest absolute Gasteiger partial charge is 0.311 e. The van der Waals surface area contributed by atoms with E-state index in [1.54, 1.807) is 0 Å². The third-order valence-corrected chi connectivity index (χ3v) is 3.24. The molecule has 0 amide bonds. The monoisotopic (exact) mass is 262 g/mol. The summed E-state index contributed by atoms with van der Waals surface area (Å²) < 4.78 is 2.67. The molecular weight excluding hydrogens is 244 g/mol. The number of H-pyrrole nitrogens is 1. The van der Waals surface area contributed by atoms with Gasteiger partial charge < -0.3 is 4.90 Å². The van der Waals surface area contributed by atoms with E-state index < -0.39 is 0 Å². The first-order valence-electron chi connectivity index (χ1n) is 6.16. The highest BCUT2D eigenvalue weighted by Crippen LogP contribution is 2.24. The van der Waals surface area contributed by atoms with Crippen molar-refractivity contribution in [3.05, 3.63) is 34.6 Å². The topological polar surface area (TPSA) is 36.9 Å². The van der Waals surface area contributed by atoms with Gasteiger partial charge in [0, 0.05) is 18.8 Å². The van der Waals surface area contributed by atoms with E-state index in [-0.39, 0.29) is 0 Å². The molecule has 1 N–H and O–H groups in total. The minimum absolute atomic E-state index is 0.665. The molecule has 0 saturated heterocycles. The van der Waals surface area contributed by atoms with E-state index in [9.17, 15) is 0 Å². The zero-order chi connectivity index (χ0) is 13.1. The molecule has 0 bridgehead atoms. The highest BCUT2D eigenvalue weighted by molar-refractivity contribution is 7.71. The Bertz CT molecular complexity index is 585. The number of rotatable bonds is 4. The lowest BCUT2D eigenvalue weighted by Gasteiger charge is -2.22. The molecule has 0 spiro atoms. The lowest BCUT2D eigenvalue weighted by Crippen LogP contribution is -2.20. The molecule has 96 valence electrons. The van der Waals surface area contributed by atoms with Crippen LogP contribution in [-0.2, 0) is 6.54 Å². The molecular formula is C13H18N4S. The standard InChI is InChI=1S/C13H18N4S/c1-4-16(11-8-6-7-10(3)9-11)12-14-15-13(18)17(12)5-2/h6-9H,4-5H2,1-3H3,(H,15,18). The van der Waals surface area contributed by atoms with Gasteiger partial charge in [-0.1, -0.05) is 12.1 Å². The number of nitrogens with one attached hydrogen (secondary N) is 1. The van der Waals surface area contributed by atoms with Crippen LogP contribution < -0.4 is 4.90 Å². The molecule has 0 aliphatic carbocycles. The Labute approximate surface area is 112 Å². The van der Waals surface area contributed by atoms with E-state index in [1.807, 2.05) is 4.57 Å². The SMILES string of the molecule is CCN(c1cccc(C)c1)c1n[nH]c(=S)n1CC. The summed E-state index contributed by atoms with van der Waals surface area (Å²) in [6.07, 6.45) is 0. The number of nitrogens with zero attached hydrogens (tertiary/aromatic N) is 3. The van der Waals surface area contributed by atoms with Crippen LogP contribution in [0.3, 0.4) is 0 Å². The van der Waals surface area contributed by atoms with Gasteiger partial charge in [0.25, 0.3) is 0 Å². The molecule has 2 rings (SSSR count). The van der Waals surface area contributed by atoms with Crippen molar-refractivity contribution in [2.24, 2.45) is 0 Å². The number of hydrogen-bond acceptors (Lipinski definition) is 3. The average Bonchev–Trinajstić information content (AvgIpc) is 2.72. The molecule has 0 unspecified atom stereocenters. The zero-order valence-corrected chi connectivity index (χ0v) is 11.8. The zero-order valence-electron chi connectivity index (χ0n) is 11.0. The van der Waals surface area contributed by atoms with Crippen molar-refractivity contribution in [1.29, 1.82) is 0 Å². The van der Waals surface area contributed by atoms with E-state index >= 15 is 0 Å². The first-order chi connectivity index (χ1) is 8.67. The van der Waals surface area contributed by atoms with Crippen LogP contribution >= 0.6 is 12.2 Å². The maximum absolute atomic E-state index is 5.23. The fourth-order valence-corrected chi connectivity index (χ4v) is 2.29. The van der Waals surface area contributed by atoms with Crippen LogP contribution in [0.2, 0.25) is 0 Å². The summed E-state index contributed by atoms with van der Waals surface area (Å²) in [7, 11) is 0. The Hall–Kier alpha value is -1.62. The quantitative estimate of drug-likeness (QED) is 0.858. The maximum Gasteiger partial charge on any atom is 0.230 e. The summed E-state index contributed by atoms with van der Waals surface area (Å²) in [6.45, 7) is 7.93. The van der Waals surface area contributed by atoms with Crippen molar-refractivity contribution in [3.63, 3.8) is 0 Å². The number of benzene rings is 1. The van der Waals surface area contributed by atoms with Gasteiger partial charge in [0.1, 0.15) is 0 Å². The summed E-state index contributed by atoms with van der Waals surface area (Å²) in [5.41, 5.74) is 2.38. The van der Waals surface area contributed by atoms with E-state index in [2.05, 4.69) is 60.1 Å². The van der Waals surface area contributed by atoms with Gasteiger partial charge in [0.2, 0.25) is 5.95 Å². The lowest BCUT2D eigenvalue weighted by molar-refractivity contribution is 0.733. The van der Waals surface area contributed by atoms with Crippen LogP contribution in [0, 0.1) is 11.7 Å². The van der Waals surface area contributed by atoms with Crippen LogP contribution in [-0.4, -0.2) is 21.3 Å². The lowest BCUT2D eigenvalue weighted by atomic mass is 10.2. The minimum atomic E-state index is 0.665. The average molecular weight is 262 g/mol. The molecule has 1 aromatic carbocycles. The summed E-state index contributed by atoms with van der Waals surface area (Å²) in [4.78, 5) is 2.16. The predicted molar refractivity (Wildman–Crippen MR) is 76.9 cm³/mol. The Balaban J connectivity index is 2.48. The van der Waals surface area contributed by atoms with Gasteiger partial charge in [-0.25, -0.2) is 5.10 Å². The van der Waals surface area contributed by atoms with Gasteiger partial charge >= 0.3 is 0 Å². The second kappa shape index (κ2) is 5.35. The molecule has 18 heavy (non-hydrogen) atoms. The molecule has 0 aliphatic rings. The van der Waals surface area contributed by atoms with Gasteiger partial charge in [0.15, 0.2) is 4.77 Å². The highest BCUT2D eigenvalue weighted by atomic mass is 32.1. The Morgan fingerprint density at radius 1 is 1.39 bits per heavy atom. The van der Waals surface area contributed by atoms with Crippen LogP contribution in [0.4, 0.5) is 11.6 Å². The number of aromatic amines is 1. The number of aromatic nitrogens is 3. The summed E-state index contributed by atoms with van der Waals surface area (Å²) in [5, 5.41) is 7.20. The smallest absolute Gasteiger partial charge is 0.230 e. The second-order valence-corrected chi connectivity index (χ2v) is 4.54. The molecule has 1 aromatic heterocycles. The molecule has 5 heteroatoms. The van der Waals surface area contributed by atoms with Crippen molar-refractivity contribution in [1.82, 2.24) is 14.8 Å². The van der Waals surface area contributed by atoms with Crippen LogP contribution in [0.5, 0.6) is 0 Å². The van der Waals surface area contributed by atoms with E-state index in [0.29, 0.717) is 4.77 Å². The number of hydrogen-bond donors (Lipinski definition) is 1. The fourth-order valence-electron chi connectivity index (χ4n) is 2.04.